The van der Waals surface area contributed by atoms with Crippen molar-refractivity contribution in [3.05, 3.63) is 39.2 Å². The van der Waals surface area contributed by atoms with Gasteiger partial charge >= 0.3 is 0 Å². The fourth-order valence-electron chi connectivity index (χ4n) is 1.13. The Bertz CT molecular complexity index is 470. The molecule has 1 aromatic carbocycles. The summed E-state index contributed by atoms with van der Waals surface area (Å²) in [6.45, 7) is 0. The molecule has 0 bridgehead atoms. The van der Waals surface area contributed by atoms with Gasteiger partial charge in [-0.2, -0.15) is 0 Å². The van der Waals surface area contributed by atoms with Crippen LogP contribution in [0.3, 0.4) is 0 Å². The van der Waals surface area contributed by atoms with Gasteiger partial charge in [0.2, 0.25) is 0 Å². The van der Waals surface area contributed by atoms with Crippen LogP contribution in [0.15, 0.2) is 33.3 Å². The van der Waals surface area contributed by atoms with Crippen LogP contribution in [0.25, 0.3) is 10.9 Å². The fraction of sp³-hybridized carbons (Fsp3) is 0. The van der Waals surface area contributed by atoms with Crippen molar-refractivity contribution in [2.75, 3.05) is 0 Å². The number of fused-ring (bicyclic) bond motifs is 1. The van der Waals surface area contributed by atoms with Crippen LogP contribution in [0.4, 0.5) is 4.39 Å². The number of rotatable bonds is 0. The number of pyridine rings is 1. The molecule has 0 N–H and O–H groups in total. The molecule has 1 nitrogen and oxygen atoms in total. The summed E-state index contributed by atoms with van der Waals surface area (Å²) in [4.78, 5) is 4.11. The van der Waals surface area contributed by atoms with Gasteiger partial charge in [0, 0.05) is 20.5 Å². The molecule has 0 aliphatic carbocycles. The maximum Gasteiger partial charge on any atom is 0.132 e. The molecule has 2 aromatic rings. The number of nitrogens with zero attached hydrogens (tertiary/aromatic N) is 1. The first-order chi connectivity index (χ1) is 6.18. The average molecular weight is 305 g/mol. The van der Waals surface area contributed by atoms with Gasteiger partial charge in [-0.3, -0.25) is 4.98 Å². The molecule has 66 valence electrons. The number of hydrogen-bond acceptors (Lipinski definition) is 1. The van der Waals surface area contributed by atoms with Crippen LogP contribution in [0.1, 0.15) is 0 Å². The lowest BCUT2D eigenvalue weighted by atomic mass is 10.2. The van der Waals surface area contributed by atoms with Gasteiger partial charge in [0.1, 0.15) is 5.82 Å². The van der Waals surface area contributed by atoms with Crippen LogP contribution in [0, 0.1) is 5.82 Å². The van der Waals surface area contributed by atoms with Gasteiger partial charge < -0.3 is 0 Å². The molecule has 0 saturated carbocycles. The molecule has 1 heterocycles. The van der Waals surface area contributed by atoms with E-state index in [0.29, 0.717) is 10.9 Å². The molecule has 4 heteroatoms. The monoisotopic (exact) mass is 303 g/mol. The van der Waals surface area contributed by atoms with Crippen molar-refractivity contribution in [2.24, 2.45) is 0 Å². The zero-order chi connectivity index (χ0) is 9.42. The van der Waals surface area contributed by atoms with Crippen molar-refractivity contribution >= 4 is 42.8 Å². The highest BCUT2D eigenvalue weighted by Crippen LogP contribution is 2.26. The fourth-order valence-corrected chi connectivity index (χ4v) is 1.91. The molecule has 0 aliphatic rings. The van der Waals surface area contributed by atoms with Crippen molar-refractivity contribution < 1.29 is 4.39 Å². The molecule has 0 aliphatic heterocycles. The molecule has 0 radical (unpaired) electrons. The Balaban J connectivity index is 2.92. The van der Waals surface area contributed by atoms with Crippen molar-refractivity contribution in [3.63, 3.8) is 0 Å². The summed E-state index contributed by atoms with van der Waals surface area (Å²) in [5.74, 6) is -0.257. The second kappa shape index (κ2) is 3.35. The maximum absolute atomic E-state index is 13.3. The molecule has 0 amide bonds. The van der Waals surface area contributed by atoms with Gasteiger partial charge in [0.15, 0.2) is 0 Å². The Labute approximate surface area is 91.2 Å². The summed E-state index contributed by atoms with van der Waals surface area (Å²) < 4.78 is 14.8. The first-order valence-corrected chi connectivity index (χ1v) is 5.16. The lowest BCUT2D eigenvalue weighted by Crippen LogP contribution is -1.84. The number of aromatic nitrogens is 1. The van der Waals surface area contributed by atoms with Gasteiger partial charge in [0.05, 0.1) is 5.52 Å². The van der Waals surface area contributed by atoms with Gasteiger partial charge in [-0.1, -0.05) is 0 Å². The lowest BCUT2D eigenvalue weighted by molar-refractivity contribution is 0.639. The third kappa shape index (κ3) is 1.60. The van der Waals surface area contributed by atoms with E-state index < -0.39 is 0 Å². The average Bonchev–Trinajstić information content (AvgIpc) is 2.12. The molecule has 0 spiro atoms. The van der Waals surface area contributed by atoms with Crippen LogP contribution in [-0.4, -0.2) is 4.98 Å². The first kappa shape index (κ1) is 9.09. The molecule has 2 rings (SSSR count). The number of benzene rings is 1. The zero-order valence-corrected chi connectivity index (χ0v) is 9.56. The second-order valence-electron chi connectivity index (χ2n) is 2.58. The normalized spacial score (nSPS) is 10.7. The Kier molecular flexibility index (Phi) is 2.34. The summed E-state index contributed by atoms with van der Waals surface area (Å²) in [6, 6.07) is 4.78. The highest BCUT2D eigenvalue weighted by atomic mass is 79.9. The summed E-state index contributed by atoms with van der Waals surface area (Å²) >= 11 is 6.56. The minimum Gasteiger partial charge on any atom is -0.254 e. The smallest absolute Gasteiger partial charge is 0.132 e. The highest BCUT2D eigenvalue weighted by Gasteiger charge is 2.05. The quantitative estimate of drug-likeness (QED) is 0.719. The van der Waals surface area contributed by atoms with Gasteiger partial charge in [-0.15, -0.1) is 0 Å². The van der Waals surface area contributed by atoms with E-state index in [4.69, 9.17) is 0 Å². The van der Waals surface area contributed by atoms with Crippen LogP contribution in [0.5, 0.6) is 0 Å². The molecule has 13 heavy (non-hydrogen) atoms. The van der Waals surface area contributed by atoms with Crippen molar-refractivity contribution in [1.82, 2.24) is 4.98 Å². The van der Waals surface area contributed by atoms with Gasteiger partial charge in [-0.25, -0.2) is 4.39 Å². The predicted molar refractivity (Wildman–Crippen MR) is 57.1 cm³/mol. The van der Waals surface area contributed by atoms with E-state index in [1.54, 1.807) is 18.3 Å². The molecule has 0 saturated heterocycles. The Morgan fingerprint density at radius 3 is 2.77 bits per heavy atom. The highest BCUT2D eigenvalue weighted by molar-refractivity contribution is 9.11. The Hall–Kier alpha value is -0.480. The minimum absolute atomic E-state index is 0.257. The molecular formula is C9H4Br2FN. The second-order valence-corrected chi connectivity index (χ2v) is 4.35. The van der Waals surface area contributed by atoms with Gasteiger partial charge in [0.25, 0.3) is 0 Å². The minimum atomic E-state index is -0.257. The van der Waals surface area contributed by atoms with E-state index in [0.717, 1.165) is 8.95 Å². The van der Waals surface area contributed by atoms with Crippen LogP contribution >= 0.6 is 31.9 Å². The zero-order valence-electron chi connectivity index (χ0n) is 6.39. The van der Waals surface area contributed by atoms with E-state index in [-0.39, 0.29) is 5.82 Å². The third-order valence-corrected chi connectivity index (χ3v) is 2.79. The van der Waals surface area contributed by atoms with Crippen molar-refractivity contribution in [1.29, 1.82) is 0 Å². The summed E-state index contributed by atoms with van der Waals surface area (Å²) in [5.41, 5.74) is 0.642. The predicted octanol–water partition coefficient (Wildman–Crippen LogP) is 3.90. The van der Waals surface area contributed by atoms with Gasteiger partial charge in [-0.05, 0) is 50.1 Å². The topological polar surface area (TPSA) is 12.9 Å². The third-order valence-electron chi connectivity index (χ3n) is 1.71. The lowest BCUT2D eigenvalue weighted by Gasteiger charge is -2.01. The van der Waals surface area contributed by atoms with Crippen LogP contribution in [-0.2, 0) is 0 Å². The van der Waals surface area contributed by atoms with Crippen LogP contribution in [0.2, 0.25) is 0 Å². The first-order valence-electron chi connectivity index (χ1n) is 3.58. The standard InChI is InChI=1S/C9H4Br2FN/c10-5-3-6-8(12)2-1-7(11)9(6)13-4-5/h1-4H. The molecule has 0 fully saturated rings. The summed E-state index contributed by atoms with van der Waals surface area (Å²) in [5, 5.41) is 0.517. The number of halogens is 3. The number of hydrogen-bond donors (Lipinski definition) is 0. The molecule has 0 unspecified atom stereocenters. The Morgan fingerprint density at radius 1 is 1.23 bits per heavy atom. The van der Waals surface area contributed by atoms with Crippen molar-refractivity contribution in [2.45, 2.75) is 0 Å². The molecule has 0 atom stereocenters. The maximum atomic E-state index is 13.3. The van der Waals surface area contributed by atoms with E-state index in [9.17, 15) is 4.39 Å². The summed E-state index contributed by atoms with van der Waals surface area (Å²) in [6.07, 6.45) is 1.65. The molecular weight excluding hydrogens is 301 g/mol. The molecule has 1 aromatic heterocycles. The Morgan fingerprint density at radius 2 is 2.00 bits per heavy atom. The van der Waals surface area contributed by atoms with E-state index in [1.165, 1.54) is 6.07 Å². The van der Waals surface area contributed by atoms with E-state index in [1.807, 2.05) is 0 Å². The summed E-state index contributed by atoms with van der Waals surface area (Å²) in [7, 11) is 0. The SMILES string of the molecule is Fc1ccc(Br)c2ncc(Br)cc12. The van der Waals surface area contributed by atoms with E-state index in [2.05, 4.69) is 36.8 Å². The van der Waals surface area contributed by atoms with E-state index >= 15 is 0 Å². The van der Waals surface area contributed by atoms with Crippen LogP contribution < -0.4 is 0 Å². The van der Waals surface area contributed by atoms with Crippen molar-refractivity contribution in [3.8, 4) is 0 Å². The largest absolute Gasteiger partial charge is 0.254 e.